The number of fused-ring (bicyclic) bond motifs is 1. The number of hydrogen-bond donors (Lipinski definition) is 1. The summed E-state index contributed by atoms with van der Waals surface area (Å²) in [6, 6.07) is 2.37. The Morgan fingerprint density at radius 3 is 2.62 bits per heavy atom. The molecule has 1 aromatic heterocycles. The molecular weight excluding hydrogens is 334 g/mol. The molecule has 10 heteroatoms. The molecule has 1 aliphatic rings. The lowest BCUT2D eigenvalue weighted by molar-refractivity contribution is -0.144. The maximum atomic E-state index is 14.2. The van der Waals surface area contributed by atoms with Crippen molar-refractivity contribution < 1.29 is 27.1 Å². The van der Waals surface area contributed by atoms with Gasteiger partial charge in [-0.25, -0.2) is 4.39 Å². The fourth-order valence-electron chi connectivity index (χ4n) is 2.27. The third kappa shape index (κ3) is 2.70. The molecular formula is C14H9F4N3O3. The van der Waals surface area contributed by atoms with Crippen LogP contribution in [0.1, 0.15) is 5.69 Å². The highest BCUT2D eigenvalue weighted by molar-refractivity contribution is 5.96. The first-order valence-electron chi connectivity index (χ1n) is 6.59. The lowest BCUT2D eigenvalue weighted by Crippen LogP contribution is -2.26. The highest BCUT2D eigenvalue weighted by atomic mass is 19.4. The molecule has 0 atom stereocenters. The molecule has 1 aliphatic heterocycles. The number of benzene rings is 1. The Morgan fingerprint density at radius 2 is 1.96 bits per heavy atom. The van der Waals surface area contributed by atoms with Gasteiger partial charge >= 0.3 is 6.18 Å². The van der Waals surface area contributed by atoms with E-state index in [1.54, 1.807) is 0 Å². The van der Waals surface area contributed by atoms with Crippen molar-refractivity contribution in [2.45, 2.75) is 6.18 Å². The monoisotopic (exact) mass is 343 g/mol. The van der Waals surface area contributed by atoms with Crippen LogP contribution in [0.5, 0.6) is 5.75 Å². The van der Waals surface area contributed by atoms with Gasteiger partial charge in [-0.1, -0.05) is 0 Å². The van der Waals surface area contributed by atoms with Crippen molar-refractivity contribution in [1.82, 2.24) is 9.78 Å². The van der Waals surface area contributed by atoms with E-state index in [0.29, 0.717) is 10.7 Å². The zero-order valence-corrected chi connectivity index (χ0v) is 12.1. The Balaban J connectivity index is 2.16. The summed E-state index contributed by atoms with van der Waals surface area (Å²) >= 11 is 0. The van der Waals surface area contributed by atoms with Gasteiger partial charge in [0.25, 0.3) is 5.91 Å². The Bertz CT molecular complexity index is 905. The van der Waals surface area contributed by atoms with Gasteiger partial charge in [-0.05, 0) is 6.07 Å². The van der Waals surface area contributed by atoms with E-state index in [9.17, 15) is 27.2 Å². The first-order valence-corrected chi connectivity index (χ1v) is 6.59. The van der Waals surface area contributed by atoms with E-state index in [1.165, 1.54) is 0 Å². The number of nitrogens with one attached hydrogen (secondary N) is 1. The van der Waals surface area contributed by atoms with Crippen LogP contribution in [0.25, 0.3) is 11.3 Å². The summed E-state index contributed by atoms with van der Waals surface area (Å²) < 4.78 is 58.0. The van der Waals surface area contributed by atoms with Gasteiger partial charge in [-0.3, -0.25) is 14.3 Å². The standard InChI is InChI=1S/C14H9F4N3O3/c1-21-11(14(16,17)18)4-9(22)13(20-21)6-2-8-10(3-7(6)15)24-5-12(23)19-8/h2-4H,5H2,1H3,(H,19,23). The molecule has 126 valence electrons. The van der Waals surface area contributed by atoms with Gasteiger partial charge in [0.1, 0.15) is 23.0 Å². The molecule has 0 radical (unpaired) electrons. The van der Waals surface area contributed by atoms with Crippen molar-refractivity contribution in [3.8, 4) is 17.0 Å². The number of hydrogen-bond acceptors (Lipinski definition) is 4. The van der Waals surface area contributed by atoms with Gasteiger partial charge in [0, 0.05) is 24.7 Å². The van der Waals surface area contributed by atoms with Gasteiger partial charge in [0.2, 0.25) is 5.43 Å². The van der Waals surface area contributed by atoms with Gasteiger partial charge in [0.15, 0.2) is 6.61 Å². The Hall–Kier alpha value is -2.91. The highest BCUT2D eigenvalue weighted by Gasteiger charge is 2.35. The number of rotatable bonds is 1. The molecule has 0 spiro atoms. The smallest absolute Gasteiger partial charge is 0.433 e. The van der Waals surface area contributed by atoms with Crippen molar-refractivity contribution in [1.29, 1.82) is 0 Å². The highest BCUT2D eigenvalue weighted by Crippen LogP contribution is 2.34. The lowest BCUT2D eigenvalue weighted by atomic mass is 10.1. The number of aryl methyl sites for hydroxylation is 1. The fourth-order valence-corrected chi connectivity index (χ4v) is 2.27. The number of halogens is 4. The van der Waals surface area contributed by atoms with E-state index >= 15 is 0 Å². The van der Waals surface area contributed by atoms with Crippen molar-refractivity contribution in [3.05, 3.63) is 39.9 Å². The van der Waals surface area contributed by atoms with E-state index < -0.39 is 34.7 Å². The summed E-state index contributed by atoms with van der Waals surface area (Å²) in [5.41, 5.74) is -3.10. The number of carbonyl (C=O) groups is 1. The van der Waals surface area contributed by atoms with Crippen molar-refractivity contribution in [2.24, 2.45) is 7.05 Å². The number of ether oxygens (including phenoxy) is 1. The molecule has 2 heterocycles. The van der Waals surface area contributed by atoms with Gasteiger partial charge in [0.05, 0.1) is 5.69 Å². The van der Waals surface area contributed by atoms with Gasteiger partial charge < -0.3 is 10.1 Å². The zero-order chi connectivity index (χ0) is 17.6. The zero-order valence-electron chi connectivity index (χ0n) is 12.1. The molecule has 0 fully saturated rings. The summed E-state index contributed by atoms with van der Waals surface area (Å²) in [6.45, 7) is -0.286. The topological polar surface area (TPSA) is 73.2 Å². The minimum absolute atomic E-state index is 0.0552. The molecule has 0 unspecified atom stereocenters. The number of aromatic nitrogens is 2. The van der Waals surface area contributed by atoms with Crippen molar-refractivity contribution >= 4 is 11.6 Å². The van der Waals surface area contributed by atoms with Crippen molar-refractivity contribution in [2.75, 3.05) is 11.9 Å². The fraction of sp³-hybridized carbons (Fsp3) is 0.214. The van der Waals surface area contributed by atoms with Crippen LogP contribution in [0.2, 0.25) is 0 Å². The number of alkyl halides is 3. The van der Waals surface area contributed by atoms with Gasteiger partial charge in [-0.15, -0.1) is 0 Å². The van der Waals surface area contributed by atoms with Crippen LogP contribution < -0.4 is 15.5 Å². The predicted molar refractivity (Wildman–Crippen MR) is 74.0 cm³/mol. The molecule has 2 aromatic rings. The first-order chi connectivity index (χ1) is 11.2. The molecule has 0 aliphatic carbocycles. The predicted octanol–water partition coefficient (Wildman–Crippen LogP) is 1.94. The molecule has 0 saturated heterocycles. The summed E-state index contributed by atoms with van der Waals surface area (Å²) in [5.74, 6) is -1.33. The van der Waals surface area contributed by atoms with Crippen LogP contribution in [0, 0.1) is 5.82 Å². The average molecular weight is 343 g/mol. The molecule has 0 saturated carbocycles. The van der Waals surface area contributed by atoms with Crippen LogP contribution in [0.4, 0.5) is 23.2 Å². The second-order valence-corrected chi connectivity index (χ2v) is 5.03. The summed E-state index contributed by atoms with van der Waals surface area (Å²) in [7, 11) is 0.993. The van der Waals surface area contributed by atoms with E-state index in [1.807, 2.05) is 0 Å². The van der Waals surface area contributed by atoms with E-state index in [0.717, 1.165) is 19.2 Å². The van der Waals surface area contributed by atoms with Crippen LogP contribution in [0.3, 0.4) is 0 Å². The first kappa shape index (κ1) is 16.0. The molecule has 0 bridgehead atoms. The third-order valence-corrected chi connectivity index (χ3v) is 3.35. The molecule has 3 rings (SSSR count). The van der Waals surface area contributed by atoms with E-state index in [4.69, 9.17) is 4.74 Å². The lowest BCUT2D eigenvalue weighted by Gasteiger charge is -2.19. The maximum Gasteiger partial charge on any atom is 0.433 e. The Labute approximate surface area is 131 Å². The number of nitrogens with zero attached hydrogens (tertiary/aromatic N) is 2. The van der Waals surface area contributed by atoms with Crippen LogP contribution in [-0.2, 0) is 18.0 Å². The molecule has 24 heavy (non-hydrogen) atoms. The van der Waals surface area contributed by atoms with E-state index in [2.05, 4.69) is 10.4 Å². The maximum absolute atomic E-state index is 14.2. The quantitative estimate of drug-likeness (QED) is 0.803. The Kier molecular flexibility index (Phi) is 3.54. The molecule has 1 N–H and O–H groups in total. The molecule has 1 amide bonds. The van der Waals surface area contributed by atoms with Crippen LogP contribution >= 0.6 is 0 Å². The van der Waals surface area contributed by atoms with Crippen molar-refractivity contribution in [3.63, 3.8) is 0 Å². The number of anilines is 1. The summed E-state index contributed by atoms with van der Waals surface area (Å²) in [6.07, 6.45) is -4.77. The average Bonchev–Trinajstić information content (AvgIpc) is 2.48. The largest absolute Gasteiger partial charge is 0.481 e. The normalized spacial score (nSPS) is 14.0. The SMILES string of the molecule is Cn1nc(-c2cc3c(cc2F)OCC(=O)N3)c(=O)cc1C(F)(F)F. The molecule has 6 nitrogen and oxygen atoms in total. The summed E-state index contributed by atoms with van der Waals surface area (Å²) in [4.78, 5) is 23.3. The molecule has 1 aromatic carbocycles. The van der Waals surface area contributed by atoms with Crippen LogP contribution in [-0.4, -0.2) is 22.3 Å². The third-order valence-electron chi connectivity index (χ3n) is 3.35. The summed E-state index contributed by atoms with van der Waals surface area (Å²) in [5, 5.41) is 5.95. The minimum atomic E-state index is -4.77. The van der Waals surface area contributed by atoms with E-state index in [-0.39, 0.29) is 23.6 Å². The Morgan fingerprint density at radius 1 is 1.25 bits per heavy atom. The van der Waals surface area contributed by atoms with Crippen LogP contribution in [0.15, 0.2) is 23.0 Å². The number of carbonyl (C=O) groups excluding carboxylic acids is 1. The second kappa shape index (κ2) is 5.32. The minimum Gasteiger partial charge on any atom is -0.481 e. The van der Waals surface area contributed by atoms with Gasteiger partial charge in [-0.2, -0.15) is 18.3 Å². The number of amides is 1. The second-order valence-electron chi connectivity index (χ2n) is 5.03.